The van der Waals surface area contributed by atoms with Crippen molar-refractivity contribution in [2.75, 3.05) is 25.5 Å². The Morgan fingerprint density at radius 3 is 2.23 bits per heavy atom. The molecule has 0 aliphatic rings. The molecule has 2 rings (SSSR count). The van der Waals surface area contributed by atoms with Gasteiger partial charge in [0.1, 0.15) is 5.82 Å². The molecule has 0 aliphatic heterocycles. The highest BCUT2D eigenvalue weighted by Crippen LogP contribution is 2.19. The van der Waals surface area contributed by atoms with Gasteiger partial charge in [0.15, 0.2) is 17.5 Å². The van der Waals surface area contributed by atoms with Gasteiger partial charge in [0.25, 0.3) is 0 Å². The van der Waals surface area contributed by atoms with Crippen LogP contribution in [0.5, 0.6) is 0 Å². The van der Waals surface area contributed by atoms with E-state index in [1.165, 1.54) is 7.05 Å². The highest BCUT2D eigenvalue weighted by molar-refractivity contribution is 7.89. The fourth-order valence-corrected chi connectivity index (χ4v) is 3.66. The standard InChI is InChI=1S/C19H19F4N3O4S/c1-26(31(29,30)13-6-4-12(20)5-7-13)10-2-3-16(27)24-11-17(28)25-15-9-8-14(21)18(22)19(15)23/h4-9H,2-3,10-11H2,1H3,(H,24,27)(H,25,28). The summed E-state index contributed by atoms with van der Waals surface area (Å²) in [5.41, 5.74) is -0.578. The molecule has 0 unspecified atom stereocenters. The van der Waals surface area contributed by atoms with Gasteiger partial charge >= 0.3 is 0 Å². The van der Waals surface area contributed by atoms with E-state index in [-0.39, 0.29) is 24.3 Å². The number of nitrogens with zero attached hydrogens (tertiary/aromatic N) is 1. The lowest BCUT2D eigenvalue weighted by Crippen LogP contribution is -2.34. The van der Waals surface area contributed by atoms with Crippen LogP contribution in [0.3, 0.4) is 0 Å². The van der Waals surface area contributed by atoms with Crippen LogP contribution in [0.15, 0.2) is 41.3 Å². The summed E-state index contributed by atoms with van der Waals surface area (Å²) in [4.78, 5) is 23.5. The molecule has 0 bridgehead atoms. The van der Waals surface area contributed by atoms with Crippen LogP contribution in [0.4, 0.5) is 23.2 Å². The number of rotatable bonds is 9. The smallest absolute Gasteiger partial charge is 0.243 e. The summed E-state index contributed by atoms with van der Waals surface area (Å²) in [6, 6.07) is 5.77. The van der Waals surface area contributed by atoms with Gasteiger partial charge in [-0.05, 0) is 42.8 Å². The van der Waals surface area contributed by atoms with Gasteiger partial charge in [-0.3, -0.25) is 9.59 Å². The second kappa shape index (κ2) is 10.4. The van der Waals surface area contributed by atoms with Gasteiger partial charge in [-0.15, -0.1) is 0 Å². The molecule has 0 heterocycles. The van der Waals surface area contributed by atoms with Crippen LogP contribution in [0.25, 0.3) is 0 Å². The minimum atomic E-state index is -3.85. The number of nitrogens with one attached hydrogen (secondary N) is 2. The SMILES string of the molecule is CN(CCCC(=O)NCC(=O)Nc1ccc(F)c(F)c1F)S(=O)(=O)c1ccc(F)cc1. The van der Waals surface area contributed by atoms with Crippen LogP contribution in [0.1, 0.15) is 12.8 Å². The summed E-state index contributed by atoms with van der Waals surface area (Å²) in [5, 5.41) is 4.25. The average Bonchev–Trinajstić information content (AvgIpc) is 2.73. The third kappa shape index (κ3) is 6.49. The second-order valence-corrected chi connectivity index (χ2v) is 8.48. The van der Waals surface area contributed by atoms with Crippen LogP contribution in [0.2, 0.25) is 0 Å². The summed E-state index contributed by atoms with van der Waals surface area (Å²) in [5.74, 6) is -6.72. The fourth-order valence-electron chi connectivity index (χ4n) is 2.45. The quantitative estimate of drug-likeness (QED) is 0.443. The Hall–Kier alpha value is -2.99. The van der Waals surface area contributed by atoms with Gasteiger partial charge in [-0.25, -0.2) is 30.3 Å². The van der Waals surface area contributed by atoms with Crippen molar-refractivity contribution >= 4 is 27.5 Å². The van der Waals surface area contributed by atoms with Gasteiger partial charge in [-0.1, -0.05) is 0 Å². The molecule has 0 atom stereocenters. The first-order valence-electron chi connectivity index (χ1n) is 8.94. The summed E-state index contributed by atoms with van der Waals surface area (Å²) in [6.45, 7) is -0.569. The maximum Gasteiger partial charge on any atom is 0.243 e. The normalized spacial score (nSPS) is 11.4. The minimum Gasteiger partial charge on any atom is -0.347 e. The molecule has 168 valence electrons. The Morgan fingerprint density at radius 2 is 1.58 bits per heavy atom. The lowest BCUT2D eigenvalue weighted by atomic mass is 10.2. The van der Waals surface area contributed by atoms with E-state index in [1.807, 2.05) is 5.32 Å². The van der Waals surface area contributed by atoms with Crippen molar-refractivity contribution in [1.29, 1.82) is 0 Å². The monoisotopic (exact) mass is 461 g/mol. The van der Waals surface area contributed by atoms with Crippen molar-refractivity contribution in [2.24, 2.45) is 0 Å². The fraction of sp³-hybridized carbons (Fsp3) is 0.263. The number of hydrogen-bond acceptors (Lipinski definition) is 4. The van der Waals surface area contributed by atoms with Gasteiger partial charge < -0.3 is 10.6 Å². The van der Waals surface area contributed by atoms with Crippen LogP contribution in [-0.2, 0) is 19.6 Å². The lowest BCUT2D eigenvalue weighted by molar-refractivity contribution is -0.124. The number of hydrogen-bond donors (Lipinski definition) is 2. The zero-order valence-corrected chi connectivity index (χ0v) is 17.1. The van der Waals surface area contributed by atoms with Crippen LogP contribution < -0.4 is 10.6 Å². The van der Waals surface area contributed by atoms with Gasteiger partial charge in [-0.2, -0.15) is 0 Å². The predicted octanol–water partition coefficient (Wildman–Crippen LogP) is 2.40. The number of sulfonamides is 1. The van der Waals surface area contributed by atoms with Crippen molar-refractivity contribution in [3.05, 3.63) is 59.7 Å². The summed E-state index contributed by atoms with van der Waals surface area (Å²) in [6.07, 6.45) is 0.0122. The first kappa shape index (κ1) is 24.3. The van der Waals surface area contributed by atoms with Gasteiger partial charge in [0.2, 0.25) is 21.8 Å². The Morgan fingerprint density at radius 1 is 0.935 bits per heavy atom. The van der Waals surface area contributed by atoms with E-state index in [4.69, 9.17) is 0 Å². The molecular weight excluding hydrogens is 442 g/mol. The maximum absolute atomic E-state index is 13.5. The minimum absolute atomic E-state index is 0.0145. The summed E-state index contributed by atoms with van der Waals surface area (Å²) in [7, 11) is -2.54. The van der Waals surface area contributed by atoms with E-state index >= 15 is 0 Å². The second-order valence-electron chi connectivity index (χ2n) is 6.43. The Kier molecular flexibility index (Phi) is 8.11. The molecule has 0 spiro atoms. The van der Waals surface area contributed by atoms with E-state index in [2.05, 4.69) is 5.32 Å². The molecule has 2 aromatic carbocycles. The molecule has 0 radical (unpaired) electrons. The van der Waals surface area contributed by atoms with Crippen molar-refractivity contribution in [3.63, 3.8) is 0 Å². The van der Waals surface area contributed by atoms with E-state index in [1.54, 1.807) is 0 Å². The predicted molar refractivity (Wildman–Crippen MR) is 103 cm³/mol. The third-order valence-electron chi connectivity index (χ3n) is 4.15. The zero-order valence-electron chi connectivity index (χ0n) is 16.3. The molecule has 0 saturated carbocycles. The van der Waals surface area contributed by atoms with Crippen molar-refractivity contribution in [3.8, 4) is 0 Å². The number of halogens is 4. The average molecular weight is 461 g/mol. The molecule has 0 aromatic heterocycles. The molecule has 0 aliphatic carbocycles. The molecule has 0 saturated heterocycles. The largest absolute Gasteiger partial charge is 0.347 e. The first-order chi connectivity index (χ1) is 14.5. The third-order valence-corrected chi connectivity index (χ3v) is 6.03. The molecule has 2 aromatic rings. The maximum atomic E-state index is 13.5. The molecule has 2 amide bonds. The van der Waals surface area contributed by atoms with Gasteiger partial charge in [0, 0.05) is 20.0 Å². The lowest BCUT2D eigenvalue weighted by Gasteiger charge is -2.17. The molecule has 2 N–H and O–H groups in total. The van der Waals surface area contributed by atoms with Crippen LogP contribution >= 0.6 is 0 Å². The number of carbonyl (C=O) groups excluding carboxylic acids is 2. The number of amides is 2. The Bertz CT molecular complexity index is 1060. The first-order valence-corrected chi connectivity index (χ1v) is 10.4. The topological polar surface area (TPSA) is 95.6 Å². The van der Waals surface area contributed by atoms with Crippen molar-refractivity contribution in [2.45, 2.75) is 17.7 Å². The molecule has 0 fully saturated rings. The Labute approximate surface area is 176 Å². The van der Waals surface area contributed by atoms with Crippen molar-refractivity contribution in [1.82, 2.24) is 9.62 Å². The van der Waals surface area contributed by atoms with E-state index in [0.29, 0.717) is 6.07 Å². The van der Waals surface area contributed by atoms with Crippen molar-refractivity contribution < 1.29 is 35.6 Å². The highest BCUT2D eigenvalue weighted by atomic mass is 32.2. The van der Waals surface area contributed by atoms with E-state index in [9.17, 15) is 35.6 Å². The number of carbonyl (C=O) groups is 2. The molecular formula is C19H19F4N3O4S. The number of anilines is 1. The summed E-state index contributed by atoms with van der Waals surface area (Å²) >= 11 is 0. The van der Waals surface area contributed by atoms with E-state index in [0.717, 1.165) is 34.6 Å². The van der Waals surface area contributed by atoms with Gasteiger partial charge in [0.05, 0.1) is 17.1 Å². The number of benzene rings is 2. The Balaban J connectivity index is 1.77. The summed E-state index contributed by atoms with van der Waals surface area (Å²) < 4.78 is 78.2. The molecule has 31 heavy (non-hydrogen) atoms. The van der Waals surface area contributed by atoms with E-state index < -0.39 is 57.3 Å². The van der Waals surface area contributed by atoms with Crippen LogP contribution in [0, 0.1) is 23.3 Å². The van der Waals surface area contributed by atoms with Crippen LogP contribution in [-0.4, -0.2) is 44.7 Å². The highest BCUT2D eigenvalue weighted by Gasteiger charge is 2.21. The zero-order chi connectivity index (χ0) is 23.2. The molecule has 12 heteroatoms. The molecule has 7 nitrogen and oxygen atoms in total.